The van der Waals surface area contributed by atoms with E-state index >= 15 is 0 Å². The molecule has 0 bridgehead atoms. The monoisotopic (exact) mass is 1100 g/mol. The summed E-state index contributed by atoms with van der Waals surface area (Å²) < 4.78 is 16.9. The molecule has 0 radical (unpaired) electrons. The molecule has 0 rings (SSSR count). The highest BCUT2D eigenvalue weighted by atomic mass is 16.6. The van der Waals surface area contributed by atoms with Gasteiger partial charge in [0.25, 0.3) is 0 Å². The molecule has 0 spiro atoms. The molecule has 0 aliphatic rings. The minimum atomic E-state index is -0.781. The van der Waals surface area contributed by atoms with Gasteiger partial charge in [-0.2, -0.15) is 0 Å². The maximum Gasteiger partial charge on any atom is 0.306 e. The van der Waals surface area contributed by atoms with Crippen LogP contribution in [0.2, 0.25) is 0 Å². The Morgan fingerprint density at radius 3 is 0.772 bits per heavy atom. The quantitative estimate of drug-likeness (QED) is 0.0261. The molecule has 6 nitrogen and oxygen atoms in total. The van der Waals surface area contributed by atoms with Gasteiger partial charge in [0.1, 0.15) is 13.2 Å². The molecule has 0 aliphatic carbocycles. The number of hydrogen-bond donors (Lipinski definition) is 0. The third kappa shape index (κ3) is 65.0. The highest BCUT2D eigenvalue weighted by Gasteiger charge is 2.19. The van der Waals surface area contributed by atoms with Crippen molar-refractivity contribution in [3.05, 3.63) is 97.2 Å². The zero-order valence-electron chi connectivity index (χ0n) is 52.1. The summed E-state index contributed by atoms with van der Waals surface area (Å²) in [6.45, 7) is 6.52. The number of allylic oxidation sites excluding steroid dienone is 16. The van der Waals surface area contributed by atoms with Crippen LogP contribution >= 0.6 is 0 Å². The lowest BCUT2D eigenvalue weighted by Crippen LogP contribution is -2.30. The maximum absolute atomic E-state index is 12.9. The molecule has 0 aromatic carbocycles. The number of unbranched alkanes of at least 4 members (excludes halogenated alkanes) is 34. The van der Waals surface area contributed by atoms with Gasteiger partial charge in [0.15, 0.2) is 6.10 Å². The zero-order valence-corrected chi connectivity index (χ0v) is 52.1. The van der Waals surface area contributed by atoms with Crippen molar-refractivity contribution in [3.8, 4) is 0 Å². The Kier molecular flexibility index (Phi) is 63.7. The van der Waals surface area contributed by atoms with E-state index < -0.39 is 6.10 Å². The number of carbonyl (C=O) groups excluding carboxylic acids is 3. The van der Waals surface area contributed by atoms with Crippen LogP contribution in [0.15, 0.2) is 97.2 Å². The van der Waals surface area contributed by atoms with Crippen LogP contribution in [0.3, 0.4) is 0 Å². The van der Waals surface area contributed by atoms with E-state index in [-0.39, 0.29) is 31.1 Å². The van der Waals surface area contributed by atoms with E-state index in [0.29, 0.717) is 19.3 Å². The molecule has 0 amide bonds. The maximum atomic E-state index is 12.9. The first-order valence-electron chi connectivity index (χ1n) is 33.7. The highest BCUT2D eigenvalue weighted by molar-refractivity contribution is 5.71. The third-order valence-electron chi connectivity index (χ3n) is 14.6. The molecule has 0 aromatic rings. The summed E-state index contributed by atoms with van der Waals surface area (Å²) in [5.41, 5.74) is 0. The van der Waals surface area contributed by atoms with Crippen LogP contribution in [-0.2, 0) is 28.6 Å². The summed E-state index contributed by atoms with van der Waals surface area (Å²) in [7, 11) is 0. The fraction of sp³-hybridized carbons (Fsp3) is 0.740. The van der Waals surface area contributed by atoms with Crippen LogP contribution in [-0.4, -0.2) is 37.2 Å². The molecule has 0 aromatic heterocycles. The number of esters is 3. The van der Waals surface area contributed by atoms with Crippen molar-refractivity contribution in [2.45, 2.75) is 335 Å². The molecule has 79 heavy (non-hydrogen) atoms. The summed E-state index contributed by atoms with van der Waals surface area (Å²) in [6, 6.07) is 0. The van der Waals surface area contributed by atoms with E-state index in [1.165, 1.54) is 180 Å². The Balaban J connectivity index is 4.20. The molecular weight excluding hydrogens is 973 g/mol. The van der Waals surface area contributed by atoms with E-state index in [1.54, 1.807) is 0 Å². The van der Waals surface area contributed by atoms with Gasteiger partial charge in [-0.1, -0.05) is 304 Å². The predicted octanol–water partition coefficient (Wildman–Crippen LogP) is 23.2. The Bertz CT molecular complexity index is 1540. The van der Waals surface area contributed by atoms with Crippen LogP contribution < -0.4 is 0 Å². The molecule has 0 saturated carbocycles. The van der Waals surface area contributed by atoms with Gasteiger partial charge >= 0.3 is 17.9 Å². The van der Waals surface area contributed by atoms with E-state index in [2.05, 4.69) is 118 Å². The van der Waals surface area contributed by atoms with Crippen molar-refractivity contribution in [1.29, 1.82) is 0 Å². The van der Waals surface area contributed by atoms with Gasteiger partial charge in [-0.15, -0.1) is 0 Å². The number of hydrogen-bond acceptors (Lipinski definition) is 6. The predicted molar refractivity (Wildman–Crippen MR) is 344 cm³/mol. The Morgan fingerprint density at radius 1 is 0.266 bits per heavy atom. The molecule has 1 atom stereocenters. The lowest BCUT2D eigenvalue weighted by Gasteiger charge is -2.18. The van der Waals surface area contributed by atoms with Crippen molar-refractivity contribution in [1.82, 2.24) is 0 Å². The van der Waals surface area contributed by atoms with Crippen molar-refractivity contribution in [3.63, 3.8) is 0 Å². The van der Waals surface area contributed by atoms with Crippen molar-refractivity contribution < 1.29 is 28.6 Å². The number of rotatable bonds is 61. The SMILES string of the molecule is CC/C=C\C/C=C\C/C=C\C/C=C\C/C=C\CCCCCCCCCCCC(=O)OC(COC(=O)CCCCCCCCCCC)COC(=O)CCCCCCCCCCCCCC/C=C\C/C=C\C/C=C\CCCCCCC. The fourth-order valence-electron chi connectivity index (χ4n) is 9.54. The second-order valence-electron chi connectivity index (χ2n) is 22.4. The lowest BCUT2D eigenvalue weighted by molar-refractivity contribution is -0.167. The molecule has 0 heterocycles. The molecular formula is C73H126O6. The normalized spacial score (nSPS) is 12.7. The Morgan fingerprint density at radius 2 is 0.494 bits per heavy atom. The Hall–Kier alpha value is -3.67. The van der Waals surface area contributed by atoms with Crippen LogP contribution in [0, 0.1) is 0 Å². The smallest absolute Gasteiger partial charge is 0.306 e. The van der Waals surface area contributed by atoms with Gasteiger partial charge < -0.3 is 14.2 Å². The lowest BCUT2D eigenvalue weighted by atomic mass is 10.0. The third-order valence-corrected chi connectivity index (χ3v) is 14.6. The van der Waals surface area contributed by atoms with Crippen LogP contribution in [0.4, 0.5) is 0 Å². The molecule has 0 aliphatic heterocycles. The van der Waals surface area contributed by atoms with Gasteiger partial charge in [0.2, 0.25) is 0 Å². The second-order valence-corrected chi connectivity index (χ2v) is 22.4. The molecule has 1 unspecified atom stereocenters. The first-order valence-corrected chi connectivity index (χ1v) is 33.7. The molecule has 6 heteroatoms. The summed E-state index contributed by atoms with van der Waals surface area (Å²) in [6.07, 6.45) is 90.0. The van der Waals surface area contributed by atoms with Gasteiger partial charge in [0, 0.05) is 19.3 Å². The van der Waals surface area contributed by atoms with Crippen LogP contribution in [0.1, 0.15) is 329 Å². The van der Waals surface area contributed by atoms with E-state index in [9.17, 15) is 14.4 Å². The van der Waals surface area contributed by atoms with Crippen molar-refractivity contribution >= 4 is 17.9 Å². The van der Waals surface area contributed by atoms with Crippen molar-refractivity contribution in [2.24, 2.45) is 0 Å². The molecule has 0 N–H and O–H groups in total. The van der Waals surface area contributed by atoms with Crippen molar-refractivity contribution in [2.75, 3.05) is 13.2 Å². The largest absolute Gasteiger partial charge is 0.462 e. The van der Waals surface area contributed by atoms with E-state index in [4.69, 9.17) is 14.2 Å². The summed E-state index contributed by atoms with van der Waals surface area (Å²) in [5, 5.41) is 0. The fourth-order valence-corrected chi connectivity index (χ4v) is 9.54. The van der Waals surface area contributed by atoms with Gasteiger partial charge in [-0.3, -0.25) is 14.4 Å². The van der Waals surface area contributed by atoms with E-state index in [1.807, 2.05) is 0 Å². The standard InChI is InChI=1S/C73H126O6/c1-4-7-10-13-16-19-21-23-25-27-29-31-33-35-36-38-39-41-43-45-47-49-51-54-57-60-63-66-72(75)78-69-70(68-77-71(74)65-62-59-56-53-18-15-12-9-6-3)79-73(76)67-64-61-58-55-52-50-48-46-44-42-40-37-34-32-30-28-26-24-22-20-17-14-11-8-5-2/h8,11,17,20-21,23-24,26-27,29-30,32-33,35,37,40,70H,4-7,9-10,12-16,18-19,22,25,28,31,34,36,38-39,41-69H2,1-3H3/b11-8-,20-17-,23-21-,26-24-,29-27-,32-30-,35-33-,40-37-. The summed E-state index contributed by atoms with van der Waals surface area (Å²) >= 11 is 0. The zero-order chi connectivity index (χ0) is 57.1. The average Bonchev–Trinajstić information content (AvgIpc) is 3.45. The minimum Gasteiger partial charge on any atom is -0.462 e. The number of carbonyl (C=O) groups is 3. The summed E-state index contributed by atoms with van der Waals surface area (Å²) in [4.78, 5) is 38.3. The van der Waals surface area contributed by atoms with Crippen LogP contribution in [0.25, 0.3) is 0 Å². The summed E-state index contributed by atoms with van der Waals surface area (Å²) in [5.74, 6) is -0.877. The molecule has 454 valence electrons. The minimum absolute atomic E-state index is 0.0779. The second kappa shape index (κ2) is 66.8. The number of ether oxygens (including phenoxy) is 3. The van der Waals surface area contributed by atoms with Gasteiger partial charge in [0.05, 0.1) is 0 Å². The topological polar surface area (TPSA) is 78.9 Å². The van der Waals surface area contributed by atoms with Gasteiger partial charge in [-0.05, 0) is 103 Å². The van der Waals surface area contributed by atoms with Crippen LogP contribution in [0.5, 0.6) is 0 Å². The first-order chi connectivity index (χ1) is 39.0. The van der Waals surface area contributed by atoms with E-state index in [0.717, 1.165) is 109 Å². The Labute approximate surface area is 489 Å². The first kappa shape index (κ1) is 75.3. The average molecular weight is 1100 g/mol. The van der Waals surface area contributed by atoms with Gasteiger partial charge in [-0.25, -0.2) is 0 Å². The molecule has 0 saturated heterocycles. The highest BCUT2D eigenvalue weighted by Crippen LogP contribution is 2.17. The molecule has 0 fully saturated rings.